The molecule has 1 heterocycles. The minimum atomic E-state index is -0.716. The van der Waals surface area contributed by atoms with Crippen molar-refractivity contribution in [1.29, 1.82) is 0 Å². The van der Waals surface area contributed by atoms with Crippen molar-refractivity contribution < 1.29 is 19.1 Å². The van der Waals surface area contributed by atoms with E-state index in [1.165, 1.54) is 7.11 Å². The first kappa shape index (κ1) is 16.8. The first-order valence-electron chi connectivity index (χ1n) is 6.87. The van der Waals surface area contributed by atoms with Gasteiger partial charge in [-0.25, -0.2) is 4.79 Å². The topological polar surface area (TPSA) is 67.9 Å². The molecule has 1 saturated heterocycles. The maximum Gasteiger partial charge on any atom is 0.407 e. The van der Waals surface area contributed by atoms with Crippen LogP contribution in [0.15, 0.2) is 0 Å². The number of hydrogen-bond acceptors (Lipinski definition) is 5. The standard InChI is InChI=1S/C14H26N2O4/c1-13(2,3)20-12(18)15-10-7-8-16(5)14(4,9-10)11(17)19-6/h10H,7-9H2,1-6H3,(H,15,18). The van der Waals surface area contributed by atoms with E-state index in [9.17, 15) is 9.59 Å². The molecule has 116 valence electrons. The van der Waals surface area contributed by atoms with Gasteiger partial charge in [-0.1, -0.05) is 0 Å². The smallest absolute Gasteiger partial charge is 0.407 e. The number of ether oxygens (including phenoxy) is 2. The molecule has 1 fully saturated rings. The Morgan fingerprint density at radius 2 is 1.95 bits per heavy atom. The van der Waals surface area contributed by atoms with Gasteiger partial charge in [0.2, 0.25) is 0 Å². The summed E-state index contributed by atoms with van der Waals surface area (Å²) in [5.41, 5.74) is -1.24. The molecule has 2 atom stereocenters. The maximum absolute atomic E-state index is 12.0. The van der Waals surface area contributed by atoms with Crippen molar-refractivity contribution in [2.24, 2.45) is 0 Å². The van der Waals surface area contributed by atoms with E-state index in [0.29, 0.717) is 13.0 Å². The molecule has 0 spiro atoms. The average molecular weight is 286 g/mol. The van der Waals surface area contributed by atoms with Crippen LogP contribution in [0, 0.1) is 0 Å². The molecule has 0 saturated carbocycles. The SMILES string of the molecule is COC(=O)C1(C)CC(NC(=O)OC(C)(C)C)CCN1C. The molecule has 0 aromatic heterocycles. The number of amides is 1. The zero-order chi connectivity index (χ0) is 15.6. The predicted molar refractivity (Wildman–Crippen MR) is 75.4 cm³/mol. The second kappa shape index (κ2) is 5.99. The fraction of sp³-hybridized carbons (Fsp3) is 0.857. The lowest BCUT2D eigenvalue weighted by Gasteiger charge is -2.43. The number of methoxy groups -OCH3 is 1. The average Bonchev–Trinajstić information content (AvgIpc) is 2.30. The van der Waals surface area contributed by atoms with Gasteiger partial charge >= 0.3 is 12.1 Å². The normalized spacial score (nSPS) is 27.8. The Balaban J connectivity index is 2.66. The third-order valence-corrected chi connectivity index (χ3v) is 3.65. The van der Waals surface area contributed by atoms with Gasteiger partial charge in [0.25, 0.3) is 0 Å². The molecule has 1 amide bonds. The van der Waals surface area contributed by atoms with Crippen LogP contribution in [0.1, 0.15) is 40.5 Å². The molecule has 6 nitrogen and oxygen atoms in total. The van der Waals surface area contributed by atoms with E-state index in [1.54, 1.807) is 0 Å². The molecular formula is C14H26N2O4. The van der Waals surface area contributed by atoms with Crippen molar-refractivity contribution in [1.82, 2.24) is 10.2 Å². The largest absolute Gasteiger partial charge is 0.468 e. The van der Waals surface area contributed by atoms with Crippen molar-refractivity contribution >= 4 is 12.1 Å². The van der Waals surface area contributed by atoms with Crippen LogP contribution in [0.5, 0.6) is 0 Å². The Morgan fingerprint density at radius 1 is 1.35 bits per heavy atom. The van der Waals surface area contributed by atoms with Gasteiger partial charge in [-0.05, 0) is 47.6 Å². The fourth-order valence-corrected chi connectivity index (χ4v) is 2.39. The summed E-state index contributed by atoms with van der Waals surface area (Å²) in [6.07, 6.45) is 0.844. The summed E-state index contributed by atoms with van der Waals surface area (Å²) in [5.74, 6) is -0.282. The third kappa shape index (κ3) is 4.10. The highest BCUT2D eigenvalue weighted by Crippen LogP contribution is 2.28. The minimum Gasteiger partial charge on any atom is -0.468 e. The number of carbonyl (C=O) groups is 2. The molecule has 6 heteroatoms. The van der Waals surface area contributed by atoms with Crippen LogP contribution >= 0.6 is 0 Å². The van der Waals surface area contributed by atoms with Crippen molar-refractivity contribution in [3.05, 3.63) is 0 Å². The van der Waals surface area contributed by atoms with Crippen LogP contribution in [0.4, 0.5) is 4.79 Å². The zero-order valence-corrected chi connectivity index (χ0v) is 13.3. The number of rotatable bonds is 2. The van der Waals surface area contributed by atoms with Crippen LogP contribution in [0.2, 0.25) is 0 Å². The highest BCUT2D eigenvalue weighted by atomic mass is 16.6. The number of nitrogens with zero attached hydrogens (tertiary/aromatic N) is 1. The molecule has 0 aliphatic carbocycles. The van der Waals surface area contributed by atoms with E-state index < -0.39 is 17.2 Å². The predicted octanol–water partition coefficient (Wildman–Crippen LogP) is 1.54. The van der Waals surface area contributed by atoms with Gasteiger partial charge in [0.05, 0.1) is 7.11 Å². The van der Waals surface area contributed by atoms with Gasteiger partial charge in [0.1, 0.15) is 11.1 Å². The Hall–Kier alpha value is -1.30. The van der Waals surface area contributed by atoms with E-state index in [0.717, 1.165) is 6.42 Å². The summed E-state index contributed by atoms with van der Waals surface area (Å²) >= 11 is 0. The summed E-state index contributed by atoms with van der Waals surface area (Å²) in [6.45, 7) is 8.01. The maximum atomic E-state index is 12.0. The number of hydrogen-bond donors (Lipinski definition) is 1. The Labute approximate surface area is 120 Å². The number of esters is 1. The number of piperidine rings is 1. The molecule has 1 aliphatic rings. The van der Waals surface area contributed by atoms with Crippen LogP contribution in [-0.2, 0) is 14.3 Å². The summed E-state index contributed by atoms with van der Waals surface area (Å²) < 4.78 is 10.1. The summed E-state index contributed by atoms with van der Waals surface area (Å²) in [6, 6.07) is -0.0925. The van der Waals surface area contributed by atoms with E-state index in [1.807, 2.05) is 39.6 Å². The second-order valence-corrected chi connectivity index (χ2v) is 6.52. The number of likely N-dealkylation sites (tertiary alicyclic amines) is 1. The van der Waals surface area contributed by atoms with Crippen LogP contribution in [0.25, 0.3) is 0 Å². The molecule has 0 aromatic rings. The van der Waals surface area contributed by atoms with Crippen molar-refractivity contribution in [2.75, 3.05) is 20.7 Å². The molecule has 0 bridgehead atoms. The molecule has 1 aliphatic heterocycles. The lowest BCUT2D eigenvalue weighted by Crippen LogP contribution is -2.59. The molecule has 2 unspecified atom stereocenters. The summed E-state index contributed by atoms with van der Waals surface area (Å²) in [7, 11) is 3.27. The van der Waals surface area contributed by atoms with Crippen molar-refractivity contribution in [3.8, 4) is 0 Å². The minimum absolute atomic E-state index is 0.0925. The van der Waals surface area contributed by atoms with Gasteiger partial charge < -0.3 is 14.8 Å². The number of carbonyl (C=O) groups excluding carboxylic acids is 2. The van der Waals surface area contributed by atoms with Crippen LogP contribution < -0.4 is 5.32 Å². The highest BCUT2D eigenvalue weighted by Gasteiger charge is 2.44. The third-order valence-electron chi connectivity index (χ3n) is 3.65. The number of nitrogens with one attached hydrogen (secondary N) is 1. The molecule has 0 radical (unpaired) electrons. The van der Waals surface area contributed by atoms with E-state index >= 15 is 0 Å². The monoisotopic (exact) mass is 286 g/mol. The van der Waals surface area contributed by atoms with Crippen molar-refractivity contribution in [3.63, 3.8) is 0 Å². The lowest BCUT2D eigenvalue weighted by atomic mass is 9.86. The summed E-state index contributed by atoms with van der Waals surface area (Å²) in [5, 5.41) is 2.83. The van der Waals surface area contributed by atoms with E-state index in [-0.39, 0.29) is 12.0 Å². The number of likely N-dealkylation sites (N-methyl/N-ethyl adjacent to an activating group) is 1. The summed E-state index contributed by atoms with van der Waals surface area (Å²) in [4.78, 5) is 25.7. The first-order chi connectivity index (χ1) is 9.08. The van der Waals surface area contributed by atoms with Gasteiger partial charge in [-0.3, -0.25) is 9.69 Å². The lowest BCUT2D eigenvalue weighted by molar-refractivity contribution is -0.156. The van der Waals surface area contributed by atoms with E-state index in [4.69, 9.17) is 9.47 Å². The van der Waals surface area contributed by atoms with Crippen molar-refractivity contribution in [2.45, 2.75) is 57.7 Å². The van der Waals surface area contributed by atoms with Gasteiger partial charge in [-0.2, -0.15) is 0 Å². The van der Waals surface area contributed by atoms with Crippen LogP contribution in [-0.4, -0.2) is 54.8 Å². The molecule has 1 rings (SSSR count). The number of alkyl carbamates (subject to hydrolysis) is 1. The first-order valence-corrected chi connectivity index (χ1v) is 6.87. The second-order valence-electron chi connectivity index (χ2n) is 6.52. The van der Waals surface area contributed by atoms with Gasteiger partial charge in [-0.15, -0.1) is 0 Å². The molecular weight excluding hydrogens is 260 g/mol. The Morgan fingerprint density at radius 3 is 2.45 bits per heavy atom. The molecule has 20 heavy (non-hydrogen) atoms. The molecule has 1 N–H and O–H groups in total. The Kier molecular flexibility index (Phi) is 5.02. The quantitative estimate of drug-likeness (QED) is 0.780. The van der Waals surface area contributed by atoms with E-state index in [2.05, 4.69) is 5.32 Å². The van der Waals surface area contributed by atoms with Gasteiger partial charge in [0.15, 0.2) is 0 Å². The highest BCUT2D eigenvalue weighted by molar-refractivity contribution is 5.80. The van der Waals surface area contributed by atoms with Crippen LogP contribution in [0.3, 0.4) is 0 Å². The Bertz CT molecular complexity index is 378. The van der Waals surface area contributed by atoms with Gasteiger partial charge in [0, 0.05) is 12.6 Å². The zero-order valence-electron chi connectivity index (χ0n) is 13.3. The fourth-order valence-electron chi connectivity index (χ4n) is 2.39. The molecule has 0 aromatic carbocycles.